The van der Waals surface area contributed by atoms with Gasteiger partial charge in [0, 0.05) is 19.3 Å². The van der Waals surface area contributed by atoms with Crippen LogP contribution in [0.2, 0.25) is 0 Å². The lowest BCUT2D eigenvalue weighted by atomic mass is 9.81. The molecule has 1 aliphatic heterocycles. The Hall–Kier alpha value is -0.0800. The van der Waals surface area contributed by atoms with E-state index in [1.807, 2.05) is 0 Å². The molecule has 0 spiro atoms. The van der Waals surface area contributed by atoms with Crippen molar-refractivity contribution in [1.29, 1.82) is 0 Å². The lowest BCUT2D eigenvalue weighted by molar-refractivity contribution is 0.00969. The molecule has 0 aliphatic carbocycles. The number of rotatable bonds is 8. The Labute approximate surface area is 108 Å². The molecule has 1 N–H and O–H groups in total. The van der Waals surface area contributed by atoms with E-state index in [4.69, 9.17) is 4.74 Å². The Morgan fingerprint density at radius 1 is 1.24 bits per heavy atom. The summed E-state index contributed by atoms with van der Waals surface area (Å²) < 4.78 is 5.56. The van der Waals surface area contributed by atoms with E-state index in [2.05, 4.69) is 26.1 Å². The highest BCUT2D eigenvalue weighted by atomic mass is 16.5. The van der Waals surface area contributed by atoms with E-state index in [0.29, 0.717) is 0 Å². The quantitative estimate of drug-likeness (QED) is 0.656. The van der Waals surface area contributed by atoms with Gasteiger partial charge in [-0.3, -0.25) is 0 Å². The van der Waals surface area contributed by atoms with Gasteiger partial charge >= 0.3 is 0 Å². The third-order valence-electron chi connectivity index (χ3n) is 4.06. The fraction of sp³-hybridized carbons (Fsp3) is 1.00. The van der Waals surface area contributed by atoms with Gasteiger partial charge in [-0.15, -0.1) is 0 Å². The van der Waals surface area contributed by atoms with Crippen LogP contribution < -0.4 is 5.32 Å². The Kier molecular flexibility index (Phi) is 7.87. The smallest absolute Gasteiger partial charge is 0.0494 e. The monoisotopic (exact) mass is 241 g/mol. The summed E-state index contributed by atoms with van der Waals surface area (Å²) in [7, 11) is 0. The molecule has 2 nitrogen and oxygen atoms in total. The van der Waals surface area contributed by atoms with E-state index in [-0.39, 0.29) is 0 Å². The molecule has 3 unspecified atom stereocenters. The zero-order valence-corrected chi connectivity index (χ0v) is 12.0. The highest BCUT2D eigenvalue weighted by Gasteiger charge is 2.28. The average Bonchev–Trinajstić information content (AvgIpc) is 2.34. The Morgan fingerprint density at radius 2 is 2.06 bits per heavy atom. The van der Waals surface area contributed by atoms with E-state index >= 15 is 0 Å². The summed E-state index contributed by atoms with van der Waals surface area (Å²) in [6.45, 7) is 9.88. The molecule has 0 bridgehead atoms. The van der Waals surface area contributed by atoms with E-state index in [1.54, 1.807) is 0 Å². The predicted octanol–water partition coefficient (Wildman–Crippen LogP) is 3.61. The van der Waals surface area contributed by atoms with Gasteiger partial charge < -0.3 is 10.1 Å². The predicted molar refractivity (Wildman–Crippen MR) is 74.3 cm³/mol. The van der Waals surface area contributed by atoms with Crippen LogP contribution in [0.25, 0.3) is 0 Å². The topological polar surface area (TPSA) is 21.3 Å². The lowest BCUT2D eigenvalue weighted by Gasteiger charge is -2.36. The zero-order chi connectivity index (χ0) is 12.5. The molecule has 1 heterocycles. The summed E-state index contributed by atoms with van der Waals surface area (Å²) in [5.41, 5.74) is 0. The van der Waals surface area contributed by atoms with E-state index in [1.165, 1.54) is 38.5 Å². The maximum absolute atomic E-state index is 5.56. The number of hydrogen-bond acceptors (Lipinski definition) is 2. The van der Waals surface area contributed by atoms with E-state index < -0.39 is 0 Å². The van der Waals surface area contributed by atoms with Crippen LogP contribution in [0, 0.1) is 11.8 Å². The second-order valence-electron chi connectivity index (χ2n) is 5.52. The molecule has 0 aromatic heterocycles. The lowest BCUT2D eigenvalue weighted by Crippen LogP contribution is -2.42. The van der Waals surface area contributed by atoms with E-state index in [9.17, 15) is 0 Å². The van der Waals surface area contributed by atoms with Gasteiger partial charge in [-0.1, -0.05) is 46.5 Å². The minimum Gasteiger partial charge on any atom is -0.381 e. The maximum Gasteiger partial charge on any atom is 0.0494 e. The van der Waals surface area contributed by atoms with Gasteiger partial charge in [0.15, 0.2) is 0 Å². The molecule has 0 amide bonds. The number of hydrogen-bond donors (Lipinski definition) is 1. The van der Waals surface area contributed by atoms with E-state index in [0.717, 1.165) is 37.6 Å². The normalized spacial score (nSPS) is 27.0. The van der Waals surface area contributed by atoms with Gasteiger partial charge in [-0.25, -0.2) is 0 Å². The van der Waals surface area contributed by atoms with Gasteiger partial charge in [0.2, 0.25) is 0 Å². The molecular weight excluding hydrogens is 210 g/mol. The van der Waals surface area contributed by atoms with Gasteiger partial charge in [-0.05, 0) is 31.2 Å². The van der Waals surface area contributed by atoms with Crippen LogP contribution in [0.15, 0.2) is 0 Å². The standard InChI is InChI=1S/C15H31NO/c1-4-6-7-8-9-15(16-5-2)14-10-11-17-12-13(14)3/h13-16H,4-12H2,1-3H3. The number of unbranched alkanes of at least 4 members (excludes halogenated alkanes) is 3. The van der Waals surface area contributed by atoms with Crippen molar-refractivity contribution < 1.29 is 4.74 Å². The minimum absolute atomic E-state index is 0.718. The Morgan fingerprint density at radius 3 is 2.71 bits per heavy atom. The molecule has 0 aromatic carbocycles. The molecular formula is C15H31NO. The summed E-state index contributed by atoms with van der Waals surface area (Å²) in [5.74, 6) is 1.55. The van der Waals surface area contributed by atoms with Gasteiger partial charge in [-0.2, -0.15) is 0 Å². The number of nitrogens with one attached hydrogen (secondary N) is 1. The molecule has 0 radical (unpaired) electrons. The highest BCUT2D eigenvalue weighted by Crippen LogP contribution is 2.27. The van der Waals surface area contributed by atoms with Crippen LogP contribution in [-0.2, 0) is 4.74 Å². The summed E-state index contributed by atoms with van der Waals surface area (Å²) in [6, 6.07) is 0.718. The molecule has 1 aliphatic rings. The third-order valence-corrected chi connectivity index (χ3v) is 4.06. The van der Waals surface area contributed by atoms with Crippen LogP contribution >= 0.6 is 0 Å². The molecule has 1 fully saturated rings. The van der Waals surface area contributed by atoms with Crippen LogP contribution in [-0.4, -0.2) is 25.8 Å². The van der Waals surface area contributed by atoms with Crippen molar-refractivity contribution in [2.75, 3.05) is 19.8 Å². The van der Waals surface area contributed by atoms with Crippen molar-refractivity contribution >= 4 is 0 Å². The Bertz CT molecular complexity index is 184. The van der Waals surface area contributed by atoms with Gasteiger partial charge in [0.05, 0.1) is 0 Å². The van der Waals surface area contributed by atoms with Crippen molar-refractivity contribution in [3.8, 4) is 0 Å². The van der Waals surface area contributed by atoms with Gasteiger partial charge in [0.25, 0.3) is 0 Å². The first-order valence-corrected chi connectivity index (χ1v) is 7.60. The molecule has 0 aromatic rings. The summed E-state index contributed by atoms with van der Waals surface area (Å²) >= 11 is 0. The van der Waals surface area contributed by atoms with Crippen LogP contribution in [0.1, 0.15) is 59.3 Å². The summed E-state index contributed by atoms with van der Waals surface area (Å²) in [5, 5.41) is 3.70. The van der Waals surface area contributed by atoms with Crippen LogP contribution in [0.5, 0.6) is 0 Å². The molecule has 1 saturated heterocycles. The summed E-state index contributed by atoms with van der Waals surface area (Å²) in [4.78, 5) is 0. The Balaban J connectivity index is 2.34. The first-order valence-electron chi connectivity index (χ1n) is 7.60. The SMILES string of the molecule is CCCCCCC(NCC)C1CCOCC1C. The van der Waals surface area contributed by atoms with Gasteiger partial charge in [0.1, 0.15) is 0 Å². The maximum atomic E-state index is 5.56. The average molecular weight is 241 g/mol. The fourth-order valence-electron chi connectivity index (χ4n) is 3.02. The van der Waals surface area contributed by atoms with Crippen LogP contribution in [0.3, 0.4) is 0 Å². The van der Waals surface area contributed by atoms with Crippen molar-refractivity contribution in [3.05, 3.63) is 0 Å². The molecule has 102 valence electrons. The van der Waals surface area contributed by atoms with Crippen molar-refractivity contribution in [1.82, 2.24) is 5.32 Å². The minimum atomic E-state index is 0.718. The van der Waals surface area contributed by atoms with Crippen molar-refractivity contribution in [3.63, 3.8) is 0 Å². The largest absolute Gasteiger partial charge is 0.381 e. The molecule has 2 heteroatoms. The molecule has 3 atom stereocenters. The first-order chi connectivity index (χ1) is 8.29. The fourth-order valence-corrected chi connectivity index (χ4v) is 3.02. The zero-order valence-electron chi connectivity index (χ0n) is 12.0. The molecule has 17 heavy (non-hydrogen) atoms. The third kappa shape index (κ3) is 5.39. The van der Waals surface area contributed by atoms with Crippen molar-refractivity contribution in [2.24, 2.45) is 11.8 Å². The molecule has 1 rings (SSSR count). The number of ether oxygens (including phenoxy) is 1. The van der Waals surface area contributed by atoms with Crippen LogP contribution in [0.4, 0.5) is 0 Å². The second-order valence-corrected chi connectivity index (χ2v) is 5.52. The first kappa shape index (κ1) is 15.0. The highest BCUT2D eigenvalue weighted by molar-refractivity contribution is 4.82. The van der Waals surface area contributed by atoms with Crippen molar-refractivity contribution in [2.45, 2.75) is 65.3 Å². The molecule has 0 saturated carbocycles. The summed E-state index contributed by atoms with van der Waals surface area (Å²) in [6.07, 6.45) is 8.10. The second kappa shape index (κ2) is 8.93.